The molecule has 0 spiro atoms. The molecular weight excluding hydrogens is 276 g/mol. The maximum Gasteiger partial charge on any atom is 0.186 e. The number of hydrogen-bond donors (Lipinski definition) is 0. The quantitative estimate of drug-likeness (QED) is 0.535. The highest BCUT2D eigenvalue weighted by molar-refractivity contribution is 6.34. The summed E-state index contributed by atoms with van der Waals surface area (Å²) >= 11 is 0. The van der Waals surface area contributed by atoms with Gasteiger partial charge in [0.25, 0.3) is 0 Å². The van der Waals surface area contributed by atoms with Crippen LogP contribution in [0.1, 0.15) is 44.6 Å². The zero-order chi connectivity index (χ0) is 15.8. The highest BCUT2D eigenvalue weighted by Crippen LogP contribution is 2.28. The molecule has 0 unspecified atom stereocenters. The minimum Gasteiger partial charge on any atom is -0.493 e. The van der Waals surface area contributed by atoms with E-state index in [-0.39, 0.29) is 11.6 Å². The summed E-state index contributed by atoms with van der Waals surface area (Å²) in [5.74, 6) is 0.350. The van der Waals surface area contributed by atoms with E-state index in [0.29, 0.717) is 23.5 Å². The number of ether oxygens (including phenoxy) is 1. The van der Waals surface area contributed by atoms with Crippen molar-refractivity contribution in [1.82, 2.24) is 0 Å². The zero-order valence-corrected chi connectivity index (χ0v) is 13.0. The molecule has 0 bridgehead atoms. The number of hydrogen-bond acceptors (Lipinski definition) is 3. The molecule has 0 atom stereocenters. The van der Waals surface area contributed by atoms with E-state index in [0.717, 1.165) is 12.8 Å². The first-order valence-corrected chi connectivity index (χ1v) is 7.92. The molecule has 0 fully saturated rings. The van der Waals surface area contributed by atoms with Crippen LogP contribution in [0.3, 0.4) is 0 Å². The number of para-hydroxylation sites is 1. The van der Waals surface area contributed by atoms with E-state index < -0.39 is 0 Å². The summed E-state index contributed by atoms with van der Waals surface area (Å²) in [5, 5.41) is 0. The standard InChI is InChI=1S/C19H22O3/c1-2-3-4-5-8-13-22-19-10-7-6-9-16(19)17-14-15(20)11-12-18(17)21/h6-7,9-12,14H,2-5,8,13H2,1H3. The van der Waals surface area contributed by atoms with Gasteiger partial charge in [-0.2, -0.15) is 0 Å². The first-order valence-electron chi connectivity index (χ1n) is 7.92. The maximum absolute atomic E-state index is 12.0. The second-order valence-electron chi connectivity index (χ2n) is 5.42. The van der Waals surface area contributed by atoms with Crippen LogP contribution in [0.2, 0.25) is 0 Å². The Morgan fingerprint density at radius 3 is 2.55 bits per heavy atom. The first kappa shape index (κ1) is 16.2. The number of carbonyl (C=O) groups excluding carboxylic acids is 2. The summed E-state index contributed by atoms with van der Waals surface area (Å²) in [5.41, 5.74) is 1.10. The van der Waals surface area contributed by atoms with E-state index >= 15 is 0 Å². The van der Waals surface area contributed by atoms with Crippen molar-refractivity contribution in [3.63, 3.8) is 0 Å². The predicted molar refractivity (Wildman–Crippen MR) is 87.8 cm³/mol. The first-order chi connectivity index (χ1) is 10.7. The summed E-state index contributed by atoms with van der Waals surface area (Å²) in [6.07, 6.45) is 9.85. The second-order valence-corrected chi connectivity index (χ2v) is 5.42. The number of ketones is 2. The second kappa shape index (κ2) is 8.32. The van der Waals surface area contributed by atoms with Gasteiger partial charge in [-0.1, -0.05) is 50.8 Å². The third-order valence-corrected chi connectivity index (χ3v) is 3.63. The maximum atomic E-state index is 12.0. The molecule has 0 saturated carbocycles. The summed E-state index contributed by atoms with van der Waals surface area (Å²) in [7, 11) is 0. The molecule has 0 N–H and O–H groups in total. The highest BCUT2D eigenvalue weighted by atomic mass is 16.5. The molecule has 1 aliphatic carbocycles. The van der Waals surface area contributed by atoms with Crippen LogP contribution in [0.15, 0.2) is 42.5 Å². The number of unbranched alkanes of at least 4 members (excludes halogenated alkanes) is 4. The van der Waals surface area contributed by atoms with Gasteiger partial charge in [0.1, 0.15) is 5.75 Å². The Kier molecular flexibility index (Phi) is 6.13. The summed E-state index contributed by atoms with van der Waals surface area (Å²) < 4.78 is 5.83. The number of benzene rings is 1. The van der Waals surface area contributed by atoms with Gasteiger partial charge in [-0.25, -0.2) is 0 Å². The Morgan fingerprint density at radius 1 is 0.955 bits per heavy atom. The van der Waals surface area contributed by atoms with Crippen LogP contribution in [-0.4, -0.2) is 18.2 Å². The van der Waals surface area contributed by atoms with Crippen LogP contribution in [0.4, 0.5) is 0 Å². The third kappa shape index (κ3) is 4.42. The van der Waals surface area contributed by atoms with Crippen molar-refractivity contribution in [2.75, 3.05) is 6.61 Å². The smallest absolute Gasteiger partial charge is 0.186 e. The van der Waals surface area contributed by atoms with E-state index in [1.165, 1.54) is 37.5 Å². The van der Waals surface area contributed by atoms with Crippen molar-refractivity contribution >= 4 is 17.1 Å². The average Bonchev–Trinajstić information content (AvgIpc) is 2.53. The molecule has 1 aromatic carbocycles. The molecule has 22 heavy (non-hydrogen) atoms. The molecule has 0 aromatic heterocycles. The number of rotatable bonds is 8. The largest absolute Gasteiger partial charge is 0.493 e. The normalized spacial score (nSPS) is 14.1. The number of carbonyl (C=O) groups is 2. The average molecular weight is 298 g/mol. The lowest BCUT2D eigenvalue weighted by atomic mass is 9.95. The van der Waals surface area contributed by atoms with Gasteiger partial charge in [-0.3, -0.25) is 9.59 Å². The molecule has 1 aromatic rings. The highest BCUT2D eigenvalue weighted by Gasteiger charge is 2.18. The topological polar surface area (TPSA) is 43.4 Å². The van der Waals surface area contributed by atoms with Crippen LogP contribution in [0.5, 0.6) is 5.75 Å². The molecule has 116 valence electrons. The SMILES string of the molecule is CCCCCCCOc1ccccc1C1=CC(=O)C=CC1=O. The molecule has 0 aliphatic heterocycles. The lowest BCUT2D eigenvalue weighted by Gasteiger charge is -2.13. The van der Waals surface area contributed by atoms with E-state index in [4.69, 9.17) is 4.74 Å². The van der Waals surface area contributed by atoms with Crippen molar-refractivity contribution < 1.29 is 14.3 Å². The lowest BCUT2D eigenvalue weighted by Crippen LogP contribution is -2.08. The Labute approximate surface area is 131 Å². The fourth-order valence-electron chi connectivity index (χ4n) is 2.42. The van der Waals surface area contributed by atoms with E-state index in [1.54, 1.807) is 0 Å². The third-order valence-electron chi connectivity index (χ3n) is 3.63. The lowest BCUT2D eigenvalue weighted by molar-refractivity contribution is -0.113. The van der Waals surface area contributed by atoms with Crippen LogP contribution in [0.25, 0.3) is 5.57 Å². The van der Waals surface area contributed by atoms with Gasteiger partial charge >= 0.3 is 0 Å². The Hall–Kier alpha value is -2.16. The molecule has 0 amide bonds. The van der Waals surface area contributed by atoms with Crippen molar-refractivity contribution in [1.29, 1.82) is 0 Å². The van der Waals surface area contributed by atoms with Crippen molar-refractivity contribution in [2.24, 2.45) is 0 Å². The van der Waals surface area contributed by atoms with E-state index in [9.17, 15) is 9.59 Å². The fraction of sp³-hybridized carbons (Fsp3) is 0.368. The summed E-state index contributed by atoms with van der Waals surface area (Å²) in [6, 6.07) is 7.39. The van der Waals surface area contributed by atoms with Crippen molar-refractivity contribution in [2.45, 2.75) is 39.0 Å². The molecule has 1 aliphatic rings. The molecular formula is C19H22O3. The molecule has 3 heteroatoms. The van der Waals surface area contributed by atoms with E-state index in [1.807, 2.05) is 24.3 Å². The zero-order valence-electron chi connectivity index (χ0n) is 13.0. The van der Waals surface area contributed by atoms with Crippen molar-refractivity contribution in [3.05, 3.63) is 48.1 Å². The molecule has 2 rings (SSSR count). The van der Waals surface area contributed by atoms with Gasteiger partial charge < -0.3 is 4.74 Å². The monoisotopic (exact) mass is 298 g/mol. The molecule has 3 nitrogen and oxygen atoms in total. The number of allylic oxidation sites excluding steroid dienone is 4. The van der Waals surface area contributed by atoms with E-state index in [2.05, 4.69) is 6.92 Å². The molecule has 0 heterocycles. The van der Waals surface area contributed by atoms with Crippen molar-refractivity contribution in [3.8, 4) is 5.75 Å². The summed E-state index contributed by atoms with van der Waals surface area (Å²) in [4.78, 5) is 23.5. The predicted octanol–water partition coefficient (Wildman–Crippen LogP) is 4.13. The van der Waals surface area contributed by atoms with Gasteiger partial charge in [0.05, 0.1) is 6.61 Å². The van der Waals surface area contributed by atoms with Gasteiger partial charge in [-0.15, -0.1) is 0 Å². The Morgan fingerprint density at radius 2 is 1.73 bits per heavy atom. The van der Waals surface area contributed by atoms with Crippen LogP contribution < -0.4 is 4.74 Å². The van der Waals surface area contributed by atoms with Crippen LogP contribution in [-0.2, 0) is 9.59 Å². The minimum atomic E-state index is -0.163. The fourth-order valence-corrected chi connectivity index (χ4v) is 2.42. The van der Waals surface area contributed by atoms with Crippen LogP contribution >= 0.6 is 0 Å². The minimum absolute atomic E-state index is 0.154. The summed E-state index contributed by atoms with van der Waals surface area (Å²) in [6.45, 7) is 2.82. The molecule has 0 radical (unpaired) electrons. The van der Waals surface area contributed by atoms with Gasteiger partial charge in [0, 0.05) is 11.1 Å². The Bertz CT molecular complexity index is 596. The van der Waals surface area contributed by atoms with Gasteiger partial charge in [0.2, 0.25) is 0 Å². The molecule has 0 saturated heterocycles. The van der Waals surface area contributed by atoms with Gasteiger partial charge in [-0.05, 0) is 30.7 Å². The van der Waals surface area contributed by atoms with Crippen LogP contribution in [0, 0.1) is 0 Å². The van der Waals surface area contributed by atoms with Gasteiger partial charge in [0.15, 0.2) is 11.6 Å². The Balaban J connectivity index is 2.01.